The molecule has 0 saturated carbocycles. The third kappa shape index (κ3) is 5.53. The predicted molar refractivity (Wildman–Crippen MR) is 108 cm³/mol. The second-order valence-electron chi connectivity index (χ2n) is 6.29. The number of nitrogens with one attached hydrogen (secondary N) is 1. The number of non-ortho nitro benzene ring substituents is 1. The van der Waals surface area contributed by atoms with Gasteiger partial charge < -0.3 is 5.32 Å². The highest BCUT2D eigenvalue weighted by atomic mass is 32.2. The van der Waals surface area contributed by atoms with Crippen LogP contribution in [0.4, 0.5) is 11.4 Å². The van der Waals surface area contributed by atoms with Crippen LogP contribution in [0.25, 0.3) is 0 Å². The summed E-state index contributed by atoms with van der Waals surface area (Å²) in [6.07, 6.45) is 1.80. The number of sulfonamides is 1. The first-order valence-electron chi connectivity index (χ1n) is 8.79. The van der Waals surface area contributed by atoms with Gasteiger partial charge in [-0.1, -0.05) is 43.3 Å². The van der Waals surface area contributed by atoms with Crippen molar-refractivity contribution in [3.8, 4) is 0 Å². The molecule has 0 spiro atoms. The highest BCUT2D eigenvalue weighted by Gasteiger charge is 2.32. The minimum absolute atomic E-state index is 0.0850. The molecule has 2 aromatic rings. The van der Waals surface area contributed by atoms with Crippen LogP contribution in [-0.4, -0.2) is 38.1 Å². The van der Waals surface area contributed by atoms with E-state index in [1.807, 2.05) is 30.3 Å². The molecule has 28 heavy (non-hydrogen) atoms. The molecule has 0 aliphatic carbocycles. The number of amides is 1. The summed E-state index contributed by atoms with van der Waals surface area (Å²) in [5, 5.41) is 13.8. The van der Waals surface area contributed by atoms with Crippen LogP contribution >= 0.6 is 0 Å². The van der Waals surface area contributed by atoms with Crippen LogP contribution in [-0.2, 0) is 21.2 Å². The molecule has 0 heterocycles. The highest BCUT2D eigenvalue weighted by Crippen LogP contribution is 2.26. The minimum atomic E-state index is -3.84. The fraction of sp³-hybridized carbons (Fsp3) is 0.316. The van der Waals surface area contributed by atoms with E-state index in [9.17, 15) is 23.3 Å². The van der Waals surface area contributed by atoms with Gasteiger partial charge in [0.2, 0.25) is 15.9 Å². The molecule has 0 unspecified atom stereocenters. The third-order valence-electron chi connectivity index (χ3n) is 4.18. The molecule has 1 atom stereocenters. The van der Waals surface area contributed by atoms with Gasteiger partial charge in [-0.05, 0) is 24.5 Å². The van der Waals surface area contributed by atoms with Gasteiger partial charge in [-0.3, -0.25) is 19.2 Å². The zero-order valence-corrected chi connectivity index (χ0v) is 16.6. The highest BCUT2D eigenvalue weighted by molar-refractivity contribution is 7.92. The molecule has 0 radical (unpaired) electrons. The zero-order valence-electron chi connectivity index (χ0n) is 15.7. The molecule has 150 valence electrons. The summed E-state index contributed by atoms with van der Waals surface area (Å²) >= 11 is 0. The number of anilines is 1. The van der Waals surface area contributed by atoms with E-state index in [-0.39, 0.29) is 17.8 Å². The van der Waals surface area contributed by atoms with Crippen molar-refractivity contribution in [2.24, 2.45) is 0 Å². The van der Waals surface area contributed by atoms with Gasteiger partial charge in [-0.15, -0.1) is 0 Å². The number of nitrogens with zero attached hydrogens (tertiary/aromatic N) is 2. The second kappa shape index (κ2) is 9.32. The summed E-state index contributed by atoms with van der Waals surface area (Å²) in [4.78, 5) is 23.1. The summed E-state index contributed by atoms with van der Waals surface area (Å²) in [5.74, 6) is -0.449. The molecule has 0 aliphatic heterocycles. The van der Waals surface area contributed by atoms with E-state index in [2.05, 4.69) is 5.32 Å². The molecule has 0 saturated heterocycles. The first kappa shape index (κ1) is 21.4. The molecule has 0 bridgehead atoms. The first-order chi connectivity index (χ1) is 13.2. The Morgan fingerprint density at radius 2 is 1.86 bits per heavy atom. The van der Waals surface area contributed by atoms with Gasteiger partial charge in [0.05, 0.1) is 16.9 Å². The summed E-state index contributed by atoms with van der Waals surface area (Å²) < 4.78 is 25.7. The van der Waals surface area contributed by atoms with Crippen LogP contribution in [0.1, 0.15) is 18.9 Å². The Kier molecular flexibility index (Phi) is 7.11. The zero-order chi connectivity index (χ0) is 20.7. The Morgan fingerprint density at radius 3 is 2.43 bits per heavy atom. The average molecular weight is 405 g/mol. The molecular formula is C19H23N3O5S. The van der Waals surface area contributed by atoms with Gasteiger partial charge in [0.15, 0.2) is 0 Å². The van der Waals surface area contributed by atoms with Crippen LogP contribution in [0.3, 0.4) is 0 Å². The molecule has 2 rings (SSSR count). The molecule has 1 amide bonds. The van der Waals surface area contributed by atoms with Gasteiger partial charge in [-0.2, -0.15) is 0 Å². The molecule has 0 fully saturated rings. The Balaban J connectivity index is 2.21. The van der Waals surface area contributed by atoms with E-state index in [4.69, 9.17) is 0 Å². The smallest absolute Gasteiger partial charge is 0.271 e. The number of carbonyl (C=O) groups excluding carboxylic acids is 1. The van der Waals surface area contributed by atoms with Crippen molar-refractivity contribution in [2.45, 2.75) is 25.8 Å². The van der Waals surface area contributed by atoms with Crippen LogP contribution in [0.2, 0.25) is 0 Å². The molecular weight excluding hydrogens is 382 g/mol. The predicted octanol–water partition coefficient (Wildman–Crippen LogP) is 2.50. The Hall–Kier alpha value is -2.94. The maximum absolute atomic E-state index is 12.7. The quantitative estimate of drug-likeness (QED) is 0.509. The molecule has 0 aliphatic rings. The molecule has 2 aromatic carbocycles. The van der Waals surface area contributed by atoms with E-state index in [0.717, 1.165) is 22.2 Å². The van der Waals surface area contributed by atoms with Gasteiger partial charge in [0, 0.05) is 18.7 Å². The standard InChI is InChI=1S/C19H23N3O5S/c1-3-18(19(23)20-13-12-15-8-5-4-6-9-15)21(28(2,26)27)16-10-7-11-17(14-16)22(24)25/h4-11,14,18H,3,12-13H2,1-2H3,(H,20,23)/t18-/m0/s1. The third-order valence-corrected chi connectivity index (χ3v) is 5.36. The minimum Gasteiger partial charge on any atom is -0.354 e. The van der Waals surface area contributed by atoms with Crippen LogP contribution in [0.5, 0.6) is 0 Å². The lowest BCUT2D eigenvalue weighted by molar-refractivity contribution is -0.384. The van der Waals surface area contributed by atoms with E-state index in [0.29, 0.717) is 13.0 Å². The van der Waals surface area contributed by atoms with E-state index in [1.165, 1.54) is 18.2 Å². The maximum Gasteiger partial charge on any atom is 0.271 e. The number of hydrogen-bond acceptors (Lipinski definition) is 5. The molecule has 1 N–H and O–H groups in total. The van der Waals surface area contributed by atoms with Crippen molar-refractivity contribution in [2.75, 3.05) is 17.1 Å². The number of nitro groups is 1. The van der Waals surface area contributed by atoms with Crippen molar-refractivity contribution >= 4 is 27.3 Å². The normalized spacial score (nSPS) is 12.2. The lowest BCUT2D eigenvalue weighted by atomic mass is 10.1. The SMILES string of the molecule is CC[C@@H](C(=O)NCCc1ccccc1)N(c1cccc([N+](=O)[O-])c1)S(C)(=O)=O. The first-order valence-corrected chi connectivity index (χ1v) is 10.6. The number of nitro benzene ring substituents is 1. The van der Waals surface area contributed by atoms with Crippen molar-refractivity contribution in [3.05, 3.63) is 70.3 Å². The summed E-state index contributed by atoms with van der Waals surface area (Å²) in [6, 6.07) is 13.8. The molecule has 9 heteroatoms. The van der Waals surface area contributed by atoms with Crippen LogP contribution in [0.15, 0.2) is 54.6 Å². The fourth-order valence-corrected chi connectivity index (χ4v) is 4.10. The van der Waals surface area contributed by atoms with E-state index in [1.54, 1.807) is 6.92 Å². The van der Waals surface area contributed by atoms with Crippen LogP contribution < -0.4 is 9.62 Å². The Labute approximate surface area is 164 Å². The average Bonchev–Trinajstić information content (AvgIpc) is 2.65. The molecule has 0 aromatic heterocycles. The molecule has 8 nitrogen and oxygen atoms in total. The monoisotopic (exact) mass is 405 g/mol. The van der Waals surface area contributed by atoms with Crippen molar-refractivity contribution < 1.29 is 18.1 Å². The summed E-state index contributed by atoms with van der Waals surface area (Å²) in [5.41, 5.74) is 0.891. The van der Waals surface area contributed by atoms with Crippen molar-refractivity contribution in [3.63, 3.8) is 0 Å². The largest absolute Gasteiger partial charge is 0.354 e. The lowest BCUT2D eigenvalue weighted by Gasteiger charge is -2.30. The Bertz CT molecular complexity index is 932. The van der Waals surface area contributed by atoms with E-state index < -0.39 is 26.9 Å². The van der Waals surface area contributed by atoms with Crippen molar-refractivity contribution in [1.82, 2.24) is 5.32 Å². The lowest BCUT2D eigenvalue weighted by Crippen LogP contribution is -2.49. The van der Waals surface area contributed by atoms with Gasteiger partial charge in [0.1, 0.15) is 6.04 Å². The van der Waals surface area contributed by atoms with Gasteiger partial charge in [0.25, 0.3) is 5.69 Å². The number of rotatable bonds is 9. The number of carbonyl (C=O) groups is 1. The van der Waals surface area contributed by atoms with Gasteiger partial charge >= 0.3 is 0 Å². The fourth-order valence-electron chi connectivity index (χ4n) is 2.90. The second-order valence-corrected chi connectivity index (χ2v) is 8.15. The number of benzene rings is 2. The summed E-state index contributed by atoms with van der Waals surface area (Å²) in [7, 11) is -3.84. The maximum atomic E-state index is 12.7. The van der Waals surface area contributed by atoms with Gasteiger partial charge in [-0.25, -0.2) is 8.42 Å². The topological polar surface area (TPSA) is 110 Å². The number of hydrogen-bond donors (Lipinski definition) is 1. The van der Waals surface area contributed by atoms with E-state index >= 15 is 0 Å². The summed E-state index contributed by atoms with van der Waals surface area (Å²) in [6.45, 7) is 2.04. The Morgan fingerprint density at radius 1 is 1.18 bits per heavy atom. The van der Waals surface area contributed by atoms with Crippen molar-refractivity contribution in [1.29, 1.82) is 0 Å². The van der Waals surface area contributed by atoms with Crippen LogP contribution in [0, 0.1) is 10.1 Å².